The maximum absolute atomic E-state index is 11.9. The number of aryl methyl sites for hydroxylation is 2. The van der Waals surface area contributed by atoms with Crippen molar-refractivity contribution in [2.45, 2.75) is 32.7 Å². The molecular formula is C13H19ClN2O. The SMILES string of the molecule is Cc1cccc(C)c1NC(=O)[C@@H]1CCCN1.Cl. The van der Waals surface area contributed by atoms with Crippen molar-refractivity contribution in [1.29, 1.82) is 0 Å². The van der Waals surface area contributed by atoms with Gasteiger partial charge in [0.15, 0.2) is 0 Å². The number of amides is 1. The van der Waals surface area contributed by atoms with Gasteiger partial charge in [-0.2, -0.15) is 0 Å². The van der Waals surface area contributed by atoms with Crippen LogP contribution < -0.4 is 10.6 Å². The third-order valence-corrected chi connectivity index (χ3v) is 3.11. The minimum absolute atomic E-state index is 0. The molecule has 1 heterocycles. The zero-order valence-electron chi connectivity index (χ0n) is 10.2. The second-order valence-corrected chi connectivity index (χ2v) is 4.40. The summed E-state index contributed by atoms with van der Waals surface area (Å²) in [6.07, 6.45) is 2.03. The highest BCUT2D eigenvalue weighted by molar-refractivity contribution is 5.96. The third kappa shape index (κ3) is 3.20. The Bertz CT molecular complexity index is 380. The van der Waals surface area contributed by atoms with Crippen molar-refractivity contribution in [3.63, 3.8) is 0 Å². The van der Waals surface area contributed by atoms with Gasteiger partial charge in [-0.15, -0.1) is 12.4 Å². The number of anilines is 1. The van der Waals surface area contributed by atoms with E-state index in [9.17, 15) is 4.79 Å². The minimum atomic E-state index is -0.0148. The van der Waals surface area contributed by atoms with Crippen molar-refractivity contribution >= 4 is 24.0 Å². The normalized spacial score (nSPS) is 18.6. The zero-order chi connectivity index (χ0) is 11.5. The van der Waals surface area contributed by atoms with Gasteiger partial charge in [0.25, 0.3) is 0 Å². The largest absolute Gasteiger partial charge is 0.324 e. The first-order chi connectivity index (χ1) is 7.68. The van der Waals surface area contributed by atoms with Gasteiger partial charge in [-0.05, 0) is 44.4 Å². The average Bonchev–Trinajstić information content (AvgIpc) is 2.76. The second-order valence-electron chi connectivity index (χ2n) is 4.40. The molecule has 0 radical (unpaired) electrons. The van der Waals surface area contributed by atoms with Gasteiger partial charge in [-0.1, -0.05) is 18.2 Å². The first-order valence-corrected chi connectivity index (χ1v) is 5.79. The molecule has 0 aromatic heterocycles. The van der Waals surface area contributed by atoms with Crippen molar-refractivity contribution in [1.82, 2.24) is 5.32 Å². The van der Waals surface area contributed by atoms with Crippen molar-refractivity contribution in [3.05, 3.63) is 29.3 Å². The van der Waals surface area contributed by atoms with Gasteiger partial charge in [-0.25, -0.2) is 0 Å². The summed E-state index contributed by atoms with van der Waals surface area (Å²) >= 11 is 0. The van der Waals surface area contributed by atoms with Crippen LogP contribution >= 0.6 is 12.4 Å². The predicted molar refractivity (Wildman–Crippen MR) is 72.8 cm³/mol. The van der Waals surface area contributed by atoms with Crippen molar-refractivity contribution in [3.8, 4) is 0 Å². The van der Waals surface area contributed by atoms with Crippen molar-refractivity contribution in [2.24, 2.45) is 0 Å². The molecule has 1 saturated heterocycles. The summed E-state index contributed by atoms with van der Waals surface area (Å²) in [5, 5.41) is 6.22. The van der Waals surface area contributed by atoms with Crippen LogP contribution in [0.15, 0.2) is 18.2 Å². The van der Waals surface area contributed by atoms with Gasteiger partial charge in [0.2, 0.25) is 5.91 Å². The number of para-hydroxylation sites is 1. The molecule has 0 spiro atoms. The molecule has 1 fully saturated rings. The summed E-state index contributed by atoms with van der Waals surface area (Å²) in [4.78, 5) is 11.9. The monoisotopic (exact) mass is 254 g/mol. The molecule has 17 heavy (non-hydrogen) atoms. The second kappa shape index (κ2) is 6.03. The Morgan fingerprint density at radius 3 is 2.53 bits per heavy atom. The van der Waals surface area contributed by atoms with E-state index in [1.54, 1.807) is 0 Å². The van der Waals surface area contributed by atoms with Crippen LogP contribution in [0, 0.1) is 13.8 Å². The van der Waals surface area contributed by atoms with Crippen LogP contribution in [0.3, 0.4) is 0 Å². The van der Waals surface area contributed by atoms with Crippen molar-refractivity contribution in [2.75, 3.05) is 11.9 Å². The molecule has 94 valence electrons. The third-order valence-electron chi connectivity index (χ3n) is 3.11. The molecule has 4 heteroatoms. The van der Waals surface area contributed by atoms with E-state index in [4.69, 9.17) is 0 Å². The van der Waals surface area contributed by atoms with Crippen LogP contribution in [-0.2, 0) is 4.79 Å². The van der Waals surface area contributed by atoms with E-state index >= 15 is 0 Å². The number of hydrogen-bond donors (Lipinski definition) is 2. The Hall–Kier alpha value is -1.06. The fourth-order valence-electron chi connectivity index (χ4n) is 2.13. The molecule has 0 bridgehead atoms. The summed E-state index contributed by atoms with van der Waals surface area (Å²) < 4.78 is 0. The average molecular weight is 255 g/mol. The van der Waals surface area contributed by atoms with E-state index in [0.29, 0.717) is 0 Å². The topological polar surface area (TPSA) is 41.1 Å². The van der Waals surface area contributed by atoms with Crippen LogP contribution in [0.25, 0.3) is 0 Å². The summed E-state index contributed by atoms with van der Waals surface area (Å²) in [5.41, 5.74) is 3.19. The number of halogens is 1. The lowest BCUT2D eigenvalue weighted by atomic mass is 10.1. The van der Waals surface area contributed by atoms with Gasteiger partial charge in [-0.3, -0.25) is 4.79 Å². The Labute approximate surface area is 108 Å². The number of rotatable bonds is 2. The number of carbonyl (C=O) groups excluding carboxylic acids is 1. The smallest absolute Gasteiger partial charge is 0.241 e. The summed E-state index contributed by atoms with van der Waals surface area (Å²) in [7, 11) is 0. The predicted octanol–water partition coefficient (Wildman–Crippen LogP) is 2.42. The van der Waals surface area contributed by atoms with E-state index in [2.05, 4.69) is 10.6 Å². The van der Waals surface area contributed by atoms with Gasteiger partial charge in [0.1, 0.15) is 0 Å². The van der Waals surface area contributed by atoms with Crippen molar-refractivity contribution < 1.29 is 4.79 Å². The number of benzene rings is 1. The lowest BCUT2D eigenvalue weighted by Crippen LogP contribution is -2.35. The van der Waals surface area contributed by atoms with Crippen LogP contribution in [-0.4, -0.2) is 18.5 Å². The minimum Gasteiger partial charge on any atom is -0.324 e. The van der Waals surface area contributed by atoms with Gasteiger partial charge in [0.05, 0.1) is 6.04 Å². The number of nitrogens with one attached hydrogen (secondary N) is 2. The molecule has 0 unspecified atom stereocenters. The molecule has 1 aromatic carbocycles. The molecule has 1 aromatic rings. The molecular weight excluding hydrogens is 236 g/mol. The lowest BCUT2D eigenvalue weighted by molar-refractivity contribution is -0.117. The molecule has 0 aliphatic carbocycles. The van der Waals surface area contributed by atoms with E-state index in [1.165, 1.54) is 0 Å². The van der Waals surface area contributed by atoms with E-state index in [0.717, 1.165) is 36.2 Å². The summed E-state index contributed by atoms with van der Waals surface area (Å²) in [6, 6.07) is 6.03. The van der Waals surface area contributed by atoms with Crippen LogP contribution in [0.2, 0.25) is 0 Å². The quantitative estimate of drug-likeness (QED) is 0.851. The molecule has 2 N–H and O–H groups in total. The maximum atomic E-state index is 11.9. The molecule has 0 saturated carbocycles. The molecule has 2 rings (SSSR count). The highest BCUT2D eigenvalue weighted by Gasteiger charge is 2.22. The van der Waals surface area contributed by atoms with E-state index in [-0.39, 0.29) is 24.4 Å². The first-order valence-electron chi connectivity index (χ1n) is 5.79. The Morgan fingerprint density at radius 1 is 1.35 bits per heavy atom. The van der Waals surface area contributed by atoms with Gasteiger partial charge >= 0.3 is 0 Å². The summed E-state index contributed by atoms with van der Waals surface area (Å²) in [6.45, 7) is 4.99. The summed E-state index contributed by atoms with van der Waals surface area (Å²) in [5.74, 6) is 0.0925. The van der Waals surface area contributed by atoms with Crippen LogP contribution in [0.4, 0.5) is 5.69 Å². The molecule has 1 aliphatic heterocycles. The van der Waals surface area contributed by atoms with Crippen LogP contribution in [0.1, 0.15) is 24.0 Å². The van der Waals surface area contributed by atoms with Crippen LogP contribution in [0.5, 0.6) is 0 Å². The fraction of sp³-hybridized carbons (Fsp3) is 0.462. The first kappa shape index (κ1) is 14.0. The highest BCUT2D eigenvalue weighted by Crippen LogP contribution is 2.20. The number of carbonyl (C=O) groups is 1. The Kier molecular flexibility index (Phi) is 4.97. The maximum Gasteiger partial charge on any atom is 0.241 e. The zero-order valence-corrected chi connectivity index (χ0v) is 11.1. The highest BCUT2D eigenvalue weighted by atomic mass is 35.5. The van der Waals surface area contributed by atoms with E-state index < -0.39 is 0 Å². The standard InChI is InChI=1S/C13H18N2O.ClH/c1-9-5-3-6-10(2)12(9)15-13(16)11-7-4-8-14-11;/h3,5-6,11,14H,4,7-8H2,1-2H3,(H,15,16);1H/t11-;/m0./s1. The lowest BCUT2D eigenvalue weighted by Gasteiger charge is -2.14. The number of hydrogen-bond acceptors (Lipinski definition) is 2. The Morgan fingerprint density at radius 2 is 2.00 bits per heavy atom. The molecule has 1 amide bonds. The van der Waals surface area contributed by atoms with Gasteiger partial charge in [0, 0.05) is 5.69 Å². The Balaban J connectivity index is 0.00000144. The fourth-order valence-corrected chi connectivity index (χ4v) is 2.13. The molecule has 1 aliphatic rings. The van der Waals surface area contributed by atoms with Gasteiger partial charge < -0.3 is 10.6 Å². The molecule has 1 atom stereocenters. The molecule has 3 nitrogen and oxygen atoms in total. The van der Waals surface area contributed by atoms with E-state index in [1.807, 2.05) is 32.0 Å².